The minimum Gasteiger partial charge on any atom is -0.482 e. The molecule has 0 bridgehead atoms. The van der Waals surface area contributed by atoms with Gasteiger partial charge in [0.1, 0.15) is 5.75 Å². The topological polar surface area (TPSA) is 67.9 Å². The second-order valence-electron chi connectivity index (χ2n) is 9.65. The van der Waals surface area contributed by atoms with E-state index < -0.39 is 0 Å². The van der Waals surface area contributed by atoms with Gasteiger partial charge >= 0.3 is 0 Å². The highest BCUT2D eigenvalue weighted by Crippen LogP contribution is 2.52. The van der Waals surface area contributed by atoms with Crippen molar-refractivity contribution in [3.8, 4) is 5.75 Å². The van der Waals surface area contributed by atoms with Gasteiger partial charge in [-0.2, -0.15) is 0 Å². The number of halogens is 1. The van der Waals surface area contributed by atoms with Crippen LogP contribution in [0.3, 0.4) is 0 Å². The predicted molar refractivity (Wildman–Crippen MR) is 134 cm³/mol. The average molecular weight is 495 g/mol. The van der Waals surface area contributed by atoms with Gasteiger partial charge in [0.25, 0.3) is 5.91 Å². The summed E-state index contributed by atoms with van der Waals surface area (Å²) in [5.41, 5.74) is 2.06. The number of carbonyl (C=O) groups is 2. The van der Waals surface area contributed by atoms with Crippen molar-refractivity contribution in [3.63, 3.8) is 0 Å². The first kappa shape index (κ1) is 23.9. The number of nitrogens with one attached hydrogen (secondary N) is 1. The van der Waals surface area contributed by atoms with E-state index in [2.05, 4.69) is 24.0 Å². The number of hydrogen-bond donors (Lipinski definition) is 1. The summed E-state index contributed by atoms with van der Waals surface area (Å²) in [4.78, 5) is 27.5. The first-order valence-electron chi connectivity index (χ1n) is 12.3. The lowest BCUT2D eigenvalue weighted by Gasteiger charge is -2.44. The van der Waals surface area contributed by atoms with Gasteiger partial charge in [0.15, 0.2) is 6.61 Å². The third-order valence-electron chi connectivity index (χ3n) is 7.52. The van der Waals surface area contributed by atoms with Crippen molar-refractivity contribution < 1.29 is 19.1 Å². The van der Waals surface area contributed by atoms with E-state index in [-0.39, 0.29) is 41.9 Å². The van der Waals surface area contributed by atoms with Crippen molar-refractivity contribution in [1.82, 2.24) is 10.2 Å². The number of rotatable bonds is 8. The molecule has 2 aromatic rings. The molecule has 2 fully saturated rings. The maximum absolute atomic E-state index is 12.9. The Kier molecular flexibility index (Phi) is 6.85. The van der Waals surface area contributed by atoms with Crippen LogP contribution in [0.1, 0.15) is 42.9 Å². The number of nitrogens with zero attached hydrogens (tertiary/aromatic N) is 1. The van der Waals surface area contributed by atoms with E-state index >= 15 is 0 Å². The molecule has 3 aliphatic rings. The monoisotopic (exact) mass is 494 g/mol. The molecule has 2 amide bonds. The molecule has 1 saturated carbocycles. The Balaban J connectivity index is 1.32. The van der Waals surface area contributed by atoms with Crippen LogP contribution in [0.15, 0.2) is 61.2 Å². The Morgan fingerprint density at radius 3 is 2.54 bits per heavy atom. The van der Waals surface area contributed by atoms with Gasteiger partial charge in [0, 0.05) is 24.4 Å². The highest BCUT2D eigenvalue weighted by molar-refractivity contribution is 6.32. The lowest BCUT2D eigenvalue weighted by atomic mass is 9.71. The minimum atomic E-state index is -0.276. The SMILES string of the molecule is C=CCO[C@H]1[C@H](NC(=O)C2CC2)c2ccccc2C12CCN(C(=O)COc1ccccc1Cl)CC2. The Bertz CT molecular complexity index is 1110. The third kappa shape index (κ3) is 4.69. The summed E-state index contributed by atoms with van der Waals surface area (Å²) in [6.07, 6.45) is 4.95. The second-order valence-corrected chi connectivity index (χ2v) is 10.1. The molecule has 184 valence electrons. The van der Waals surface area contributed by atoms with E-state index in [9.17, 15) is 9.59 Å². The number of likely N-dealkylation sites (tertiary alicyclic amines) is 1. The van der Waals surface area contributed by atoms with E-state index in [0.717, 1.165) is 31.2 Å². The largest absolute Gasteiger partial charge is 0.482 e. The van der Waals surface area contributed by atoms with Crippen LogP contribution in [0.5, 0.6) is 5.75 Å². The fourth-order valence-electron chi connectivity index (χ4n) is 5.56. The Hall–Kier alpha value is -2.83. The molecule has 7 heteroatoms. The fourth-order valence-corrected chi connectivity index (χ4v) is 5.75. The van der Waals surface area contributed by atoms with E-state index in [4.69, 9.17) is 21.1 Å². The van der Waals surface area contributed by atoms with Crippen LogP contribution in [0.4, 0.5) is 0 Å². The van der Waals surface area contributed by atoms with Gasteiger partial charge < -0.3 is 19.7 Å². The lowest BCUT2D eigenvalue weighted by molar-refractivity contribution is -0.136. The summed E-state index contributed by atoms with van der Waals surface area (Å²) in [5, 5.41) is 3.78. The summed E-state index contributed by atoms with van der Waals surface area (Å²) in [6.45, 7) is 5.37. The fraction of sp³-hybridized carbons (Fsp3) is 0.429. The van der Waals surface area contributed by atoms with Gasteiger partial charge in [-0.3, -0.25) is 9.59 Å². The highest BCUT2D eigenvalue weighted by atomic mass is 35.5. The van der Waals surface area contributed by atoms with Crippen LogP contribution >= 0.6 is 11.6 Å². The average Bonchev–Trinajstić information content (AvgIpc) is 3.70. The molecular weight excluding hydrogens is 464 g/mol. The molecule has 1 saturated heterocycles. The summed E-state index contributed by atoms with van der Waals surface area (Å²) < 4.78 is 12.1. The number of piperidine rings is 1. The molecule has 1 heterocycles. The second kappa shape index (κ2) is 10.0. The van der Waals surface area contributed by atoms with Gasteiger partial charge in [-0.1, -0.05) is 54.1 Å². The first-order chi connectivity index (χ1) is 17.0. The zero-order valence-corrected chi connectivity index (χ0v) is 20.5. The van der Waals surface area contributed by atoms with E-state index in [1.165, 1.54) is 5.56 Å². The molecular formula is C28H31ClN2O4. The van der Waals surface area contributed by atoms with Gasteiger partial charge in [-0.05, 0) is 48.9 Å². The van der Waals surface area contributed by atoms with Gasteiger partial charge in [0.2, 0.25) is 5.91 Å². The first-order valence-corrected chi connectivity index (χ1v) is 12.7. The standard InChI is InChI=1S/C28H31ClN2O4/c1-2-17-34-26-25(30-27(33)19-11-12-19)20-7-3-4-8-21(20)28(26)13-15-31(16-14-28)24(32)18-35-23-10-6-5-9-22(23)29/h2-10,19,25-26H,1,11-18H2,(H,30,33)/t25-,26+/m1/s1. The Labute approximate surface area is 211 Å². The van der Waals surface area contributed by atoms with Crippen LogP contribution in [-0.2, 0) is 19.7 Å². The summed E-state index contributed by atoms with van der Waals surface area (Å²) in [6, 6.07) is 15.3. The van der Waals surface area contributed by atoms with E-state index in [0.29, 0.717) is 30.5 Å². The molecule has 2 atom stereocenters. The maximum Gasteiger partial charge on any atom is 0.260 e. The molecule has 1 N–H and O–H groups in total. The Morgan fingerprint density at radius 1 is 1.11 bits per heavy atom. The molecule has 0 radical (unpaired) electrons. The molecule has 6 nitrogen and oxygen atoms in total. The smallest absolute Gasteiger partial charge is 0.260 e. The van der Waals surface area contributed by atoms with Crippen LogP contribution in [0.25, 0.3) is 0 Å². The van der Waals surface area contributed by atoms with Gasteiger partial charge in [0.05, 0.1) is 23.8 Å². The van der Waals surface area contributed by atoms with Crippen molar-refractivity contribution in [2.24, 2.45) is 5.92 Å². The molecule has 35 heavy (non-hydrogen) atoms. The quantitative estimate of drug-likeness (QED) is 0.551. The number of benzene rings is 2. The third-order valence-corrected chi connectivity index (χ3v) is 7.83. The van der Waals surface area contributed by atoms with Crippen LogP contribution < -0.4 is 10.1 Å². The van der Waals surface area contributed by atoms with Crippen molar-refractivity contribution in [3.05, 3.63) is 77.3 Å². The van der Waals surface area contributed by atoms with Gasteiger partial charge in [-0.25, -0.2) is 0 Å². The van der Waals surface area contributed by atoms with Crippen molar-refractivity contribution in [1.29, 1.82) is 0 Å². The van der Waals surface area contributed by atoms with Gasteiger partial charge in [-0.15, -0.1) is 6.58 Å². The molecule has 0 aromatic heterocycles. The van der Waals surface area contributed by atoms with Crippen LogP contribution in [0.2, 0.25) is 5.02 Å². The number of hydrogen-bond acceptors (Lipinski definition) is 4. The number of para-hydroxylation sites is 1. The number of fused-ring (bicyclic) bond motifs is 2. The molecule has 1 spiro atoms. The van der Waals surface area contributed by atoms with Crippen molar-refractivity contribution in [2.45, 2.75) is 43.2 Å². The van der Waals surface area contributed by atoms with Crippen LogP contribution in [-0.4, -0.2) is 49.1 Å². The maximum atomic E-state index is 12.9. The van der Waals surface area contributed by atoms with Crippen molar-refractivity contribution >= 4 is 23.4 Å². The molecule has 0 unspecified atom stereocenters. The normalized spacial score (nSPS) is 22.5. The summed E-state index contributed by atoms with van der Waals surface area (Å²) in [7, 11) is 0. The Morgan fingerprint density at radius 2 is 1.83 bits per heavy atom. The minimum absolute atomic E-state index is 0.0518. The molecule has 5 rings (SSSR count). The number of carbonyl (C=O) groups excluding carboxylic acids is 2. The zero-order chi connectivity index (χ0) is 24.4. The summed E-state index contributed by atoms with van der Waals surface area (Å²) >= 11 is 6.15. The highest BCUT2D eigenvalue weighted by Gasteiger charge is 2.55. The summed E-state index contributed by atoms with van der Waals surface area (Å²) in [5.74, 6) is 0.677. The van der Waals surface area contributed by atoms with E-state index in [1.54, 1.807) is 18.2 Å². The van der Waals surface area contributed by atoms with Crippen molar-refractivity contribution in [2.75, 3.05) is 26.3 Å². The number of ether oxygens (including phenoxy) is 2. The molecule has 2 aromatic carbocycles. The van der Waals surface area contributed by atoms with E-state index in [1.807, 2.05) is 29.2 Å². The number of amides is 2. The zero-order valence-electron chi connectivity index (χ0n) is 19.8. The molecule has 1 aliphatic heterocycles. The predicted octanol–water partition coefficient (Wildman–Crippen LogP) is 4.43. The van der Waals surface area contributed by atoms with Crippen LogP contribution in [0, 0.1) is 5.92 Å². The molecule has 2 aliphatic carbocycles. The lowest BCUT2D eigenvalue weighted by Crippen LogP contribution is -2.52.